The molecule has 0 spiro atoms. The predicted octanol–water partition coefficient (Wildman–Crippen LogP) is 5.51. The molecule has 2 rings (SSSR count). The van der Waals surface area contributed by atoms with Gasteiger partial charge >= 0.3 is 6.03 Å². The molecule has 0 aromatic heterocycles. The van der Waals surface area contributed by atoms with E-state index in [2.05, 4.69) is 46.2 Å². The molecule has 2 amide bonds. The van der Waals surface area contributed by atoms with Gasteiger partial charge in [0.25, 0.3) is 0 Å². The highest BCUT2D eigenvalue weighted by atomic mass is 35.5. The lowest BCUT2D eigenvalue weighted by molar-refractivity contribution is -0.0971. The van der Waals surface area contributed by atoms with Crippen LogP contribution < -0.4 is 10.6 Å². The summed E-state index contributed by atoms with van der Waals surface area (Å²) >= 11 is 5.95. The number of likely N-dealkylation sites (tertiary alicyclic amines) is 1. The quantitative estimate of drug-likeness (QED) is 0.355. The van der Waals surface area contributed by atoms with Gasteiger partial charge in [0.2, 0.25) is 0 Å². The van der Waals surface area contributed by atoms with E-state index in [1.165, 1.54) is 30.9 Å². The molecule has 0 unspecified atom stereocenters. The average molecular weight is 537 g/mol. The van der Waals surface area contributed by atoms with E-state index in [-0.39, 0.29) is 18.2 Å². The number of aliphatic imine (C=N–C) groups is 1. The Bertz CT molecular complexity index is 971. The minimum absolute atomic E-state index is 0.249. The zero-order valence-corrected chi connectivity index (χ0v) is 24.9. The van der Waals surface area contributed by atoms with Crippen LogP contribution in [0.3, 0.4) is 0 Å². The van der Waals surface area contributed by atoms with Crippen molar-refractivity contribution in [1.29, 1.82) is 0 Å². The highest BCUT2D eigenvalue weighted by Gasteiger charge is 2.25. The first kappa shape index (κ1) is 32.5. The van der Waals surface area contributed by atoms with Gasteiger partial charge in [0, 0.05) is 62.8 Å². The van der Waals surface area contributed by atoms with Crippen molar-refractivity contribution in [3.05, 3.63) is 57.6 Å². The van der Waals surface area contributed by atoms with Crippen LogP contribution in [0.15, 0.2) is 40.9 Å². The number of ether oxygens (including phenoxy) is 3. The molecule has 37 heavy (non-hydrogen) atoms. The summed E-state index contributed by atoms with van der Waals surface area (Å²) in [6.45, 7) is 19.6. The van der Waals surface area contributed by atoms with E-state index in [1.54, 1.807) is 7.05 Å². The number of hydrogen-bond donors (Lipinski definition) is 2. The lowest BCUT2D eigenvalue weighted by Gasteiger charge is -2.36. The van der Waals surface area contributed by atoms with Crippen LogP contribution in [0.25, 0.3) is 0 Å². The Kier molecular flexibility index (Phi) is 13.2. The molecule has 9 heteroatoms. The van der Waals surface area contributed by atoms with Crippen LogP contribution in [0.1, 0.15) is 50.8 Å². The summed E-state index contributed by atoms with van der Waals surface area (Å²) in [5.74, 6) is 0.621. The largest absolute Gasteiger partial charge is 0.474 e. The van der Waals surface area contributed by atoms with E-state index in [1.807, 2.05) is 41.5 Å². The standard InChI is InChI=1S/C19H34N4O4.C9H11Cl/c1-13(22-18(24)21-11-17(25-7)26-8)15-12-23(10-9-16(15)20-6)14(2)27-19(3,4)5;1-6-4-7(2)9(10)8(3)5-6/h17H,2,9-12H2,1,3-8H3,(H2,21,22,24);4-5H,1-3H3/b15-13+,20-16?;. The molecule has 1 fully saturated rings. The second-order valence-corrected chi connectivity index (χ2v) is 10.4. The Morgan fingerprint density at radius 3 is 2.24 bits per heavy atom. The lowest BCUT2D eigenvalue weighted by atomic mass is 10.00. The zero-order valence-electron chi connectivity index (χ0n) is 24.2. The second kappa shape index (κ2) is 15.0. The molecule has 0 radical (unpaired) electrons. The van der Waals surface area contributed by atoms with Gasteiger partial charge in [0.05, 0.1) is 6.54 Å². The van der Waals surface area contributed by atoms with Crippen LogP contribution in [0.5, 0.6) is 0 Å². The first-order chi connectivity index (χ1) is 17.2. The van der Waals surface area contributed by atoms with Gasteiger partial charge in [0.15, 0.2) is 12.2 Å². The summed E-state index contributed by atoms with van der Waals surface area (Å²) in [5, 5.41) is 6.48. The molecule has 1 aromatic rings. The summed E-state index contributed by atoms with van der Waals surface area (Å²) in [7, 11) is 4.81. The molecule has 208 valence electrons. The number of aryl methyl sites for hydroxylation is 3. The number of carbonyl (C=O) groups is 1. The van der Waals surface area contributed by atoms with E-state index >= 15 is 0 Å². The van der Waals surface area contributed by atoms with Crippen LogP contribution in [-0.4, -0.2) is 69.4 Å². The lowest BCUT2D eigenvalue weighted by Crippen LogP contribution is -2.42. The summed E-state index contributed by atoms with van der Waals surface area (Å²) in [5.41, 5.74) is 5.98. The minimum atomic E-state index is -0.487. The number of hydrogen-bond acceptors (Lipinski definition) is 6. The second-order valence-electron chi connectivity index (χ2n) is 10.0. The molecule has 0 atom stereocenters. The van der Waals surface area contributed by atoms with Crippen molar-refractivity contribution < 1.29 is 19.0 Å². The van der Waals surface area contributed by atoms with Crippen molar-refractivity contribution in [2.45, 2.75) is 66.8 Å². The third-order valence-corrected chi connectivity index (χ3v) is 6.25. The molecule has 1 aliphatic rings. The Morgan fingerprint density at radius 2 is 1.76 bits per heavy atom. The number of amides is 2. The Balaban J connectivity index is 0.000000568. The van der Waals surface area contributed by atoms with Crippen molar-refractivity contribution in [2.24, 2.45) is 4.99 Å². The van der Waals surface area contributed by atoms with Gasteiger partial charge in [-0.1, -0.05) is 29.3 Å². The number of carbonyl (C=O) groups excluding carboxylic acids is 1. The summed E-state index contributed by atoms with van der Waals surface area (Å²) < 4.78 is 16.0. The summed E-state index contributed by atoms with van der Waals surface area (Å²) in [4.78, 5) is 18.6. The fraction of sp³-hybridized carbons (Fsp3) is 0.571. The van der Waals surface area contributed by atoms with Crippen LogP contribution >= 0.6 is 11.6 Å². The molecule has 2 N–H and O–H groups in total. The number of nitrogens with zero attached hydrogens (tertiary/aromatic N) is 2. The first-order valence-electron chi connectivity index (χ1n) is 12.3. The van der Waals surface area contributed by atoms with E-state index in [0.717, 1.165) is 35.0 Å². The van der Waals surface area contributed by atoms with Crippen LogP contribution in [0.4, 0.5) is 4.79 Å². The number of urea groups is 1. The normalized spacial score (nSPS) is 16.2. The predicted molar refractivity (Wildman–Crippen MR) is 152 cm³/mol. The zero-order chi connectivity index (χ0) is 28.3. The SMILES string of the molecule is C=C(OC(C)(C)C)N1CCC(=NC)/C(=C(\C)NC(=O)NCC(OC)OC)C1.Cc1cc(C)c(Cl)c(C)c1. The van der Waals surface area contributed by atoms with Gasteiger partial charge in [-0.3, -0.25) is 4.99 Å². The third-order valence-electron chi connectivity index (χ3n) is 5.65. The maximum Gasteiger partial charge on any atom is 0.319 e. The number of allylic oxidation sites excluding steroid dienone is 1. The van der Waals surface area contributed by atoms with Crippen LogP contribution in [0.2, 0.25) is 5.02 Å². The van der Waals surface area contributed by atoms with Gasteiger partial charge in [-0.25, -0.2) is 4.79 Å². The summed E-state index contributed by atoms with van der Waals surface area (Å²) in [6.07, 6.45) is 0.272. The number of piperidine rings is 1. The highest BCUT2D eigenvalue weighted by molar-refractivity contribution is 6.32. The fourth-order valence-electron chi connectivity index (χ4n) is 3.86. The van der Waals surface area contributed by atoms with Crippen LogP contribution in [0, 0.1) is 20.8 Å². The van der Waals surface area contributed by atoms with Crippen molar-refractivity contribution in [1.82, 2.24) is 15.5 Å². The third kappa shape index (κ3) is 11.2. The fourth-order valence-corrected chi connectivity index (χ4v) is 3.97. The smallest absolute Gasteiger partial charge is 0.319 e. The highest BCUT2D eigenvalue weighted by Crippen LogP contribution is 2.23. The van der Waals surface area contributed by atoms with E-state index in [0.29, 0.717) is 12.4 Å². The molecule has 0 bridgehead atoms. The molecule has 0 saturated carbocycles. The van der Waals surface area contributed by atoms with Gasteiger partial charge in [0.1, 0.15) is 5.60 Å². The van der Waals surface area contributed by atoms with Gasteiger partial charge in [-0.05, 0) is 66.2 Å². The summed E-state index contributed by atoms with van der Waals surface area (Å²) in [6, 6.07) is 3.86. The van der Waals surface area contributed by atoms with Crippen LogP contribution in [-0.2, 0) is 14.2 Å². The number of rotatable bonds is 7. The molecule has 1 aliphatic heterocycles. The van der Waals surface area contributed by atoms with Crippen molar-refractivity contribution in [3.63, 3.8) is 0 Å². The Hall–Kier alpha value is -2.55. The number of nitrogens with one attached hydrogen (secondary N) is 2. The van der Waals surface area contributed by atoms with E-state index in [9.17, 15) is 4.79 Å². The molecule has 0 aliphatic carbocycles. The maximum absolute atomic E-state index is 12.2. The van der Waals surface area contributed by atoms with Crippen molar-refractivity contribution in [2.75, 3.05) is 40.9 Å². The average Bonchev–Trinajstić information content (AvgIpc) is 2.82. The number of halogens is 1. The van der Waals surface area contributed by atoms with Crippen molar-refractivity contribution in [3.8, 4) is 0 Å². The van der Waals surface area contributed by atoms with Gasteiger partial charge < -0.3 is 29.7 Å². The minimum Gasteiger partial charge on any atom is -0.474 e. The van der Waals surface area contributed by atoms with E-state index < -0.39 is 6.29 Å². The molecular weight excluding hydrogens is 492 g/mol. The molecule has 1 heterocycles. The number of benzene rings is 1. The number of methoxy groups -OCH3 is 2. The first-order valence-corrected chi connectivity index (χ1v) is 12.7. The van der Waals surface area contributed by atoms with Gasteiger partial charge in [-0.2, -0.15) is 0 Å². The maximum atomic E-state index is 12.2. The Morgan fingerprint density at radius 1 is 1.19 bits per heavy atom. The van der Waals surface area contributed by atoms with Crippen molar-refractivity contribution >= 4 is 23.3 Å². The monoisotopic (exact) mass is 536 g/mol. The molecule has 8 nitrogen and oxygen atoms in total. The Labute approximate surface area is 228 Å². The molecule has 1 saturated heterocycles. The topological polar surface area (TPSA) is 84.4 Å². The molecular formula is C28H45ClN4O4. The van der Waals surface area contributed by atoms with E-state index in [4.69, 9.17) is 25.8 Å². The van der Waals surface area contributed by atoms with Gasteiger partial charge in [-0.15, -0.1) is 0 Å². The molecule has 1 aromatic carbocycles.